The maximum atomic E-state index is 10.2. The Morgan fingerprint density at radius 1 is 0.600 bits per heavy atom. The first-order chi connectivity index (χ1) is 9.58. The van der Waals surface area contributed by atoms with E-state index in [1.54, 1.807) is 6.07 Å². The summed E-state index contributed by atoms with van der Waals surface area (Å²) in [5, 5.41) is 16.8. The van der Waals surface area contributed by atoms with Gasteiger partial charge in [-0.3, -0.25) is 0 Å². The fourth-order valence-corrected chi connectivity index (χ4v) is 4.82. The van der Waals surface area contributed by atoms with Crippen molar-refractivity contribution in [3.05, 3.63) is 49.8 Å². The molecule has 0 aliphatic heterocycles. The molecule has 0 unspecified atom stereocenters. The largest absolute Gasteiger partial charge is 0.507 e. The van der Waals surface area contributed by atoms with Crippen LogP contribution in [0.1, 0.15) is 0 Å². The van der Waals surface area contributed by atoms with E-state index in [9.17, 15) is 5.11 Å². The monoisotopic (exact) mass is 452 g/mol. The van der Waals surface area contributed by atoms with Crippen LogP contribution in [0.5, 0.6) is 5.75 Å². The molecule has 0 fully saturated rings. The van der Waals surface area contributed by atoms with Gasteiger partial charge in [0.05, 0.1) is 0 Å². The van der Waals surface area contributed by atoms with Gasteiger partial charge >= 0.3 is 0 Å². The molecule has 4 rings (SSSR count). The molecule has 0 spiro atoms. The number of hydrogen-bond acceptors (Lipinski definition) is 1. The second kappa shape index (κ2) is 4.33. The Kier molecular flexibility index (Phi) is 2.78. The van der Waals surface area contributed by atoms with E-state index in [-0.39, 0.29) is 0 Å². The third-order valence-corrected chi connectivity index (χ3v) is 5.69. The highest BCUT2D eigenvalue weighted by atomic mass is 79.9. The van der Waals surface area contributed by atoms with Crippen molar-refractivity contribution in [3.8, 4) is 5.75 Å². The molecule has 0 amide bonds. The van der Waals surface area contributed by atoms with Gasteiger partial charge in [-0.2, -0.15) is 0 Å². The van der Waals surface area contributed by atoms with Gasteiger partial charge < -0.3 is 5.11 Å². The van der Waals surface area contributed by atoms with Gasteiger partial charge in [-0.15, -0.1) is 0 Å². The maximum absolute atomic E-state index is 10.2. The quantitative estimate of drug-likeness (QED) is 0.298. The Morgan fingerprint density at radius 2 is 1.00 bits per heavy atom. The fourth-order valence-electron chi connectivity index (χ4n) is 2.85. The summed E-state index contributed by atoms with van der Waals surface area (Å²) >= 11 is 10.8. The van der Waals surface area contributed by atoms with E-state index in [4.69, 9.17) is 0 Å². The van der Waals surface area contributed by atoms with Crippen LogP contribution in [0.4, 0.5) is 0 Å². The molecule has 0 saturated heterocycles. The molecule has 0 bridgehead atoms. The van der Waals surface area contributed by atoms with Gasteiger partial charge in [0.2, 0.25) is 0 Å². The molecule has 1 nitrogen and oxygen atoms in total. The summed E-state index contributed by atoms with van der Waals surface area (Å²) in [6.07, 6.45) is 0. The van der Waals surface area contributed by atoms with Crippen LogP contribution in [0.2, 0.25) is 0 Å². The van der Waals surface area contributed by atoms with Gasteiger partial charge in [0.1, 0.15) is 5.75 Å². The molecule has 0 aromatic heterocycles. The molecule has 4 aromatic rings. The first kappa shape index (κ1) is 12.9. The summed E-state index contributed by atoms with van der Waals surface area (Å²) in [5.74, 6) is 0.301. The molecule has 0 aliphatic rings. The molecule has 0 aliphatic carbocycles. The molecule has 1 N–H and O–H groups in total. The van der Waals surface area contributed by atoms with Gasteiger partial charge in [-0.25, -0.2) is 0 Å². The second-order valence-corrected chi connectivity index (χ2v) is 7.35. The third kappa shape index (κ3) is 1.59. The van der Waals surface area contributed by atoms with Gasteiger partial charge in [-0.05, 0) is 39.7 Å². The molecule has 98 valence electrons. The molecule has 0 radical (unpaired) electrons. The van der Waals surface area contributed by atoms with Crippen LogP contribution in [0.25, 0.3) is 32.3 Å². The van der Waals surface area contributed by atoms with Gasteiger partial charge in [0, 0.05) is 24.2 Å². The smallest absolute Gasteiger partial charge is 0.124 e. The van der Waals surface area contributed by atoms with E-state index in [1.165, 1.54) is 0 Å². The topological polar surface area (TPSA) is 20.2 Å². The number of halogens is 3. The zero-order valence-corrected chi connectivity index (χ0v) is 14.8. The highest BCUT2D eigenvalue weighted by molar-refractivity contribution is 9.11. The molecular weight excluding hydrogens is 448 g/mol. The number of aromatic hydroxyl groups is 1. The average Bonchev–Trinajstić information content (AvgIpc) is 2.42. The minimum Gasteiger partial charge on any atom is -0.507 e. The normalized spacial score (nSPS) is 11.9. The van der Waals surface area contributed by atoms with E-state index in [0.29, 0.717) is 5.75 Å². The van der Waals surface area contributed by atoms with Crippen LogP contribution in [-0.2, 0) is 0 Å². The molecule has 0 heterocycles. The standard InChI is InChI=1S/C16H7Br3O/c17-11-5-12(18)8-3-4-10-14(20)6-13(19)9-2-1-7(11)15(8)16(9)10/h1-6,20H. The van der Waals surface area contributed by atoms with Crippen LogP contribution in [-0.4, -0.2) is 5.11 Å². The lowest BCUT2D eigenvalue weighted by atomic mass is 9.94. The average molecular weight is 455 g/mol. The van der Waals surface area contributed by atoms with Crippen molar-refractivity contribution < 1.29 is 5.11 Å². The van der Waals surface area contributed by atoms with Crippen molar-refractivity contribution in [1.29, 1.82) is 0 Å². The van der Waals surface area contributed by atoms with Crippen molar-refractivity contribution in [2.45, 2.75) is 0 Å². The zero-order chi connectivity index (χ0) is 14.0. The van der Waals surface area contributed by atoms with Crippen molar-refractivity contribution in [2.75, 3.05) is 0 Å². The summed E-state index contributed by atoms with van der Waals surface area (Å²) in [6.45, 7) is 0. The van der Waals surface area contributed by atoms with E-state index >= 15 is 0 Å². The number of benzene rings is 4. The zero-order valence-electron chi connectivity index (χ0n) is 10.0. The minimum absolute atomic E-state index is 0.301. The Morgan fingerprint density at radius 3 is 1.55 bits per heavy atom. The SMILES string of the molecule is Oc1cc(Br)c2ccc3c(Br)cc(Br)c4ccc1c2c43. The first-order valence-electron chi connectivity index (χ1n) is 6.02. The Labute approximate surface area is 140 Å². The van der Waals surface area contributed by atoms with Crippen molar-refractivity contribution in [1.82, 2.24) is 0 Å². The highest BCUT2D eigenvalue weighted by Crippen LogP contribution is 2.45. The van der Waals surface area contributed by atoms with Crippen molar-refractivity contribution in [3.63, 3.8) is 0 Å². The van der Waals surface area contributed by atoms with Crippen LogP contribution in [0.3, 0.4) is 0 Å². The van der Waals surface area contributed by atoms with Crippen molar-refractivity contribution in [2.24, 2.45) is 0 Å². The molecule has 20 heavy (non-hydrogen) atoms. The van der Waals surface area contributed by atoms with E-state index in [1.807, 2.05) is 12.1 Å². The summed E-state index contributed by atoms with van der Waals surface area (Å²) in [4.78, 5) is 0. The summed E-state index contributed by atoms with van der Waals surface area (Å²) < 4.78 is 3.00. The molecule has 4 heteroatoms. The van der Waals surface area contributed by atoms with Crippen molar-refractivity contribution >= 4 is 80.1 Å². The lowest BCUT2D eigenvalue weighted by Gasteiger charge is -2.15. The van der Waals surface area contributed by atoms with Crippen LogP contribution in [0, 0.1) is 0 Å². The molecule has 0 atom stereocenters. The van der Waals surface area contributed by atoms with Crippen LogP contribution in [0.15, 0.2) is 49.8 Å². The van der Waals surface area contributed by atoms with Crippen LogP contribution >= 0.6 is 47.8 Å². The number of hydrogen-bond donors (Lipinski definition) is 1. The number of phenols is 1. The summed E-state index contributed by atoms with van der Waals surface area (Å²) in [7, 11) is 0. The number of rotatable bonds is 0. The van der Waals surface area contributed by atoms with E-state index in [0.717, 1.165) is 45.7 Å². The van der Waals surface area contributed by atoms with Gasteiger partial charge in [0.25, 0.3) is 0 Å². The van der Waals surface area contributed by atoms with Gasteiger partial charge in [-0.1, -0.05) is 66.0 Å². The second-order valence-electron chi connectivity index (χ2n) is 4.79. The lowest BCUT2D eigenvalue weighted by molar-refractivity contribution is 0.481. The Hall–Kier alpha value is -0.840. The predicted molar refractivity (Wildman–Crippen MR) is 94.9 cm³/mol. The van der Waals surface area contributed by atoms with E-state index < -0.39 is 0 Å². The minimum atomic E-state index is 0.301. The highest BCUT2D eigenvalue weighted by Gasteiger charge is 2.15. The number of phenolic OH excluding ortho intramolecular Hbond substituents is 1. The first-order valence-corrected chi connectivity index (χ1v) is 8.40. The molecular formula is C16H7Br3O. The van der Waals surface area contributed by atoms with Crippen LogP contribution < -0.4 is 0 Å². The fraction of sp³-hybridized carbons (Fsp3) is 0. The third-order valence-electron chi connectivity index (χ3n) is 3.73. The van der Waals surface area contributed by atoms with E-state index in [2.05, 4.69) is 66.0 Å². The molecule has 4 aromatic carbocycles. The van der Waals surface area contributed by atoms with Gasteiger partial charge in [0.15, 0.2) is 0 Å². The Bertz CT molecular complexity index is 838. The maximum Gasteiger partial charge on any atom is 0.124 e. The predicted octanol–water partition coefficient (Wildman–Crippen LogP) is 6.58. The Balaban J connectivity index is 2.47. The summed E-state index contributed by atoms with van der Waals surface area (Å²) in [6, 6.07) is 12.1. The molecule has 0 saturated carbocycles. The lowest BCUT2D eigenvalue weighted by Crippen LogP contribution is -1.87. The summed E-state index contributed by atoms with van der Waals surface area (Å²) in [5.41, 5.74) is 0.